The number of fused-ring (bicyclic) bond motifs is 1. The van der Waals surface area contributed by atoms with Crippen LogP contribution in [-0.2, 0) is 32.2 Å². The van der Waals surface area contributed by atoms with Crippen molar-refractivity contribution in [1.29, 1.82) is 0 Å². The first-order chi connectivity index (χ1) is 12.7. The normalized spacial score (nSPS) is 14.7. The van der Waals surface area contributed by atoms with Gasteiger partial charge in [-0.05, 0) is 55.2 Å². The van der Waals surface area contributed by atoms with E-state index >= 15 is 0 Å². The molecule has 2 aromatic carbocycles. The summed E-state index contributed by atoms with van der Waals surface area (Å²) in [5, 5.41) is 0. The number of halogens is 1. The lowest BCUT2D eigenvalue weighted by Gasteiger charge is -2.30. The topological polar surface area (TPSA) is 83.6 Å². The molecular formula is C18H21FN2O4S2. The van der Waals surface area contributed by atoms with Crippen LogP contribution >= 0.6 is 0 Å². The van der Waals surface area contributed by atoms with E-state index < -0.39 is 25.9 Å². The molecule has 0 aromatic heterocycles. The van der Waals surface area contributed by atoms with Gasteiger partial charge >= 0.3 is 0 Å². The standard InChI is InChI=1S/C18H21FN2O4S2/c1-2-27(24,25)21-11-3-4-15-7-10-17(12-18(15)21)20-26(22,23)13-14-5-8-16(19)9-6-14/h5-10,12,20H,2-4,11,13H2,1H3. The first kappa shape index (κ1) is 19.6. The number of aryl methyl sites for hydroxylation is 1. The lowest BCUT2D eigenvalue weighted by atomic mass is 10.0. The summed E-state index contributed by atoms with van der Waals surface area (Å²) in [6, 6.07) is 10.2. The fourth-order valence-electron chi connectivity index (χ4n) is 3.06. The molecule has 1 heterocycles. The number of hydrogen-bond donors (Lipinski definition) is 1. The molecule has 0 bridgehead atoms. The van der Waals surface area contributed by atoms with Crippen LogP contribution in [0.2, 0.25) is 0 Å². The minimum Gasteiger partial charge on any atom is -0.283 e. The van der Waals surface area contributed by atoms with Crippen LogP contribution in [0, 0.1) is 5.82 Å². The van der Waals surface area contributed by atoms with Crippen LogP contribution < -0.4 is 9.03 Å². The van der Waals surface area contributed by atoms with E-state index in [-0.39, 0.29) is 11.5 Å². The van der Waals surface area contributed by atoms with Gasteiger partial charge in [-0.25, -0.2) is 21.2 Å². The highest BCUT2D eigenvalue weighted by Gasteiger charge is 2.26. The van der Waals surface area contributed by atoms with E-state index in [4.69, 9.17) is 0 Å². The summed E-state index contributed by atoms with van der Waals surface area (Å²) >= 11 is 0. The van der Waals surface area contributed by atoms with E-state index in [9.17, 15) is 21.2 Å². The maximum absolute atomic E-state index is 13.0. The van der Waals surface area contributed by atoms with E-state index in [1.54, 1.807) is 25.1 Å². The molecule has 1 aliphatic rings. The van der Waals surface area contributed by atoms with Crippen LogP contribution in [0.3, 0.4) is 0 Å². The Morgan fingerprint density at radius 2 is 1.78 bits per heavy atom. The SMILES string of the molecule is CCS(=O)(=O)N1CCCc2ccc(NS(=O)(=O)Cc3ccc(F)cc3)cc21. The van der Waals surface area contributed by atoms with Crippen molar-refractivity contribution in [2.75, 3.05) is 21.3 Å². The average molecular weight is 413 g/mol. The number of anilines is 2. The van der Waals surface area contributed by atoms with Gasteiger partial charge in [0.15, 0.2) is 0 Å². The Hall–Kier alpha value is -2.13. The summed E-state index contributed by atoms with van der Waals surface area (Å²) in [5.74, 6) is -0.759. The number of nitrogens with zero attached hydrogens (tertiary/aromatic N) is 1. The number of hydrogen-bond acceptors (Lipinski definition) is 4. The van der Waals surface area contributed by atoms with Crippen molar-refractivity contribution < 1.29 is 21.2 Å². The summed E-state index contributed by atoms with van der Waals surface area (Å²) in [6.07, 6.45) is 1.47. The van der Waals surface area contributed by atoms with Crippen LogP contribution in [0.1, 0.15) is 24.5 Å². The number of benzene rings is 2. The van der Waals surface area contributed by atoms with E-state index in [2.05, 4.69) is 4.72 Å². The highest BCUT2D eigenvalue weighted by Crippen LogP contribution is 2.32. The molecule has 0 saturated heterocycles. The summed E-state index contributed by atoms with van der Waals surface area (Å²) in [4.78, 5) is 0. The Kier molecular flexibility index (Phi) is 5.43. The zero-order valence-electron chi connectivity index (χ0n) is 14.9. The molecule has 146 valence electrons. The summed E-state index contributed by atoms with van der Waals surface area (Å²) in [7, 11) is -7.15. The number of nitrogens with one attached hydrogen (secondary N) is 1. The van der Waals surface area contributed by atoms with Crippen molar-refractivity contribution in [3.63, 3.8) is 0 Å². The van der Waals surface area contributed by atoms with Crippen molar-refractivity contribution >= 4 is 31.4 Å². The molecule has 0 aliphatic carbocycles. The van der Waals surface area contributed by atoms with Gasteiger partial charge in [0, 0.05) is 6.54 Å². The van der Waals surface area contributed by atoms with E-state index in [1.807, 2.05) is 0 Å². The smallest absolute Gasteiger partial charge is 0.236 e. The quantitative estimate of drug-likeness (QED) is 0.791. The fraction of sp³-hybridized carbons (Fsp3) is 0.333. The van der Waals surface area contributed by atoms with E-state index in [0.717, 1.165) is 18.4 Å². The Bertz CT molecular complexity index is 1040. The average Bonchev–Trinajstić information content (AvgIpc) is 2.62. The van der Waals surface area contributed by atoms with Crippen molar-refractivity contribution in [2.24, 2.45) is 0 Å². The molecule has 0 saturated carbocycles. The number of sulfonamides is 2. The Morgan fingerprint density at radius 3 is 2.44 bits per heavy atom. The first-order valence-electron chi connectivity index (χ1n) is 8.58. The third kappa shape index (κ3) is 4.59. The predicted octanol–water partition coefficient (Wildman–Crippen LogP) is 2.87. The molecule has 2 aromatic rings. The maximum atomic E-state index is 13.0. The predicted molar refractivity (Wildman–Crippen MR) is 104 cm³/mol. The molecule has 27 heavy (non-hydrogen) atoms. The second-order valence-electron chi connectivity index (χ2n) is 6.41. The first-order valence-corrected chi connectivity index (χ1v) is 11.8. The third-order valence-corrected chi connectivity index (χ3v) is 7.45. The highest BCUT2D eigenvalue weighted by atomic mass is 32.2. The monoisotopic (exact) mass is 412 g/mol. The molecule has 1 aliphatic heterocycles. The molecule has 9 heteroatoms. The Balaban J connectivity index is 1.86. The van der Waals surface area contributed by atoms with Crippen molar-refractivity contribution in [3.8, 4) is 0 Å². The number of rotatable bonds is 6. The van der Waals surface area contributed by atoms with Gasteiger partial charge in [0.05, 0.1) is 22.9 Å². The summed E-state index contributed by atoms with van der Waals surface area (Å²) in [6.45, 7) is 1.97. The third-order valence-electron chi connectivity index (χ3n) is 4.41. The molecule has 0 spiro atoms. The second kappa shape index (κ2) is 7.47. The molecule has 0 radical (unpaired) electrons. The maximum Gasteiger partial charge on any atom is 0.236 e. The molecule has 0 amide bonds. The Morgan fingerprint density at radius 1 is 1.07 bits per heavy atom. The lowest BCUT2D eigenvalue weighted by Crippen LogP contribution is -2.36. The molecule has 6 nitrogen and oxygen atoms in total. The van der Waals surface area contributed by atoms with Gasteiger partial charge in [0.25, 0.3) is 0 Å². The van der Waals surface area contributed by atoms with Crippen molar-refractivity contribution in [1.82, 2.24) is 0 Å². The van der Waals surface area contributed by atoms with Gasteiger partial charge < -0.3 is 0 Å². The van der Waals surface area contributed by atoms with Gasteiger partial charge in [-0.1, -0.05) is 18.2 Å². The zero-order valence-corrected chi connectivity index (χ0v) is 16.5. The van der Waals surface area contributed by atoms with Crippen LogP contribution in [0.4, 0.5) is 15.8 Å². The molecule has 0 fully saturated rings. The van der Waals surface area contributed by atoms with Crippen molar-refractivity contribution in [3.05, 3.63) is 59.4 Å². The second-order valence-corrected chi connectivity index (χ2v) is 10.3. The van der Waals surface area contributed by atoms with Crippen LogP contribution in [0.15, 0.2) is 42.5 Å². The fourth-order valence-corrected chi connectivity index (χ4v) is 5.44. The summed E-state index contributed by atoms with van der Waals surface area (Å²) < 4.78 is 66.3. The largest absolute Gasteiger partial charge is 0.283 e. The van der Waals surface area contributed by atoms with Gasteiger partial charge in [-0.15, -0.1) is 0 Å². The van der Waals surface area contributed by atoms with E-state index in [0.29, 0.717) is 23.5 Å². The van der Waals surface area contributed by atoms with Crippen LogP contribution in [0.5, 0.6) is 0 Å². The van der Waals surface area contributed by atoms with Gasteiger partial charge in [0.1, 0.15) is 5.82 Å². The lowest BCUT2D eigenvalue weighted by molar-refractivity contribution is 0.587. The Labute approximate surface area is 159 Å². The highest BCUT2D eigenvalue weighted by molar-refractivity contribution is 7.92. The molecule has 0 atom stereocenters. The van der Waals surface area contributed by atoms with Gasteiger partial charge in [-0.3, -0.25) is 9.03 Å². The van der Waals surface area contributed by atoms with Gasteiger partial charge in [0.2, 0.25) is 20.0 Å². The molecule has 3 rings (SSSR count). The zero-order chi connectivity index (χ0) is 19.7. The molecule has 0 unspecified atom stereocenters. The van der Waals surface area contributed by atoms with Crippen molar-refractivity contribution in [2.45, 2.75) is 25.5 Å². The van der Waals surface area contributed by atoms with Crippen LogP contribution in [0.25, 0.3) is 0 Å². The molecule has 1 N–H and O–H groups in total. The molecular weight excluding hydrogens is 391 g/mol. The minimum atomic E-state index is -3.73. The van der Waals surface area contributed by atoms with E-state index in [1.165, 1.54) is 28.6 Å². The van der Waals surface area contributed by atoms with Crippen LogP contribution in [-0.4, -0.2) is 29.1 Å². The summed E-state index contributed by atoms with van der Waals surface area (Å²) in [5.41, 5.74) is 2.15. The van der Waals surface area contributed by atoms with Gasteiger partial charge in [-0.2, -0.15) is 0 Å². The minimum absolute atomic E-state index is 0.0209.